The molecule has 1 saturated heterocycles. The number of nitrogens with zero attached hydrogens (tertiary/aromatic N) is 1. The van der Waals surface area contributed by atoms with Crippen LogP contribution in [0.1, 0.15) is 0 Å². The maximum atomic E-state index is 12.8. The summed E-state index contributed by atoms with van der Waals surface area (Å²) in [7, 11) is -0.996. The number of ether oxygens (including phenoxy) is 3. The number of methoxy groups -OCH3 is 2. The number of halogens is 1. The highest BCUT2D eigenvalue weighted by atomic mass is 79.9. The average molecular weight is 480 g/mol. The lowest BCUT2D eigenvalue weighted by atomic mass is 10.4. The van der Waals surface area contributed by atoms with Crippen molar-refractivity contribution in [3.05, 3.63) is 28.7 Å². The van der Waals surface area contributed by atoms with Crippen LogP contribution in [0.5, 0.6) is 0 Å². The fraction of sp³-hybridized carbons (Fsp3) is 0.500. The third-order valence-corrected chi connectivity index (χ3v) is 6.39. The van der Waals surface area contributed by atoms with Crippen LogP contribution in [0.2, 0.25) is 0 Å². The molecule has 12 heteroatoms. The second-order valence-corrected chi connectivity index (χ2v) is 8.52. The van der Waals surface area contributed by atoms with Crippen LogP contribution >= 0.6 is 15.9 Å². The molecule has 2 rings (SSSR count). The first kappa shape index (κ1) is 22.7. The average Bonchev–Trinajstić information content (AvgIpc) is 3.16. The minimum absolute atomic E-state index is 0.0107. The summed E-state index contributed by atoms with van der Waals surface area (Å²) in [6.07, 6.45) is -1.59. The van der Waals surface area contributed by atoms with Gasteiger partial charge in [0.1, 0.15) is 6.23 Å². The standard InChI is InChI=1S/C16H22BrN3O7S/c1-25-14(26-2)10-19-16(22)15(21)18-9-13-20(7-8-27-13)28(23,24)12-5-3-11(17)4-6-12/h3-6,13-14H,7-10H2,1-2H3,(H,18,21)(H,19,22). The van der Waals surface area contributed by atoms with Crippen molar-refractivity contribution in [1.82, 2.24) is 14.9 Å². The number of carbonyl (C=O) groups is 2. The second-order valence-electron chi connectivity index (χ2n) is 5.72. The van der Waals surface area contributed by atoms with Crippen LogP contribution in [0.25, 0.3) is 0 Å². The summed E-state index contributed by atoms with van der Waals surface area (Å²) >= 11 is 3.26. The van der Waals surface area contributed by atoms with Gasteiger partial charge in [-0.25, -0.2) is 8.42 Å². The minimum atomic E-state index is -3.80. The zero-order valence-corrected chi connectivity index (χ0v) is 17.8. The van der Waals surface area contributed by atoms with Gasteiger partial charge in [-0.15, -0.1) is 0 Å². The largest absolute Gasteiger partial charge is 0.359 e. The van der Waals surface area contributed by atoms with E-state index in [1.54, 1.807) is 12.1 Å². The zero-order chi connectivity index (χ0) is 20.7. The SMILES string of the molecule is COC(CNC(=O)C(=O)NCC1OCCN1S(=O)(=O)c1ccc(Br)cc1)OC. The van der Waals surface area contributed by atoms with E-state index in [2.05, 4.69) is 26.6 Å². The van der Waals surface area contributed by atoms with Crippen molar-refractivity contribution in [3.8, 4) is 0 Å². The van der Waals surface area contributed by atoms with E-state index in [9.17, 15) is 18.0 Å². The van der Waals surface area contributed by atoms with Crippen LogP contribution < -0.4 is 10.6 Å². The molecule has 1 heterocycles. The minimum Gasteiger partial charge on any atom is -0.359 e. The van der Waals surface area contributed by atoms with Crippen molar-refractivity contribution < 1.29 is 32.2 Å². The predicted molar refractivity (Wildman–Crippen MR) is 102 cm³/mol. The van der Waals surface area contributed by atoms with Gasteiger partial charge in [0.25, 0.3) is 0 Å². The normalized spacial score (nSPS) is 17.6. The molecule has 1 unspecified atom stereocenters. The molecule has 0 bridgehead atoms. The second kappa shape index (κ2) is 10.3. The highest BCUT2D eigenvalue weighted by molar-refractivity contribution is 9.10. The van der Waals surface area contributed by atoms with Gasteiger partial charge in [-0.05, 0) is 24.3 Å². The van der Waals surface area contributed by atoms with Gasteiger partial charge < -0.3 is 24.8 Å². The lowest BCUT2D eigenvalue weighted by Gasteiger charge is -2.23. The molecule has 156 valence electrons. The number of nitrogens with one attached hydrogen (secondary N) is 2. The first-order valence-electron chi connectivity index (χ1n) is 8.30. The van der Waals surface area contributed by atoms with Gasteiger partial charge in [0.05, 0.1) is 24.6 Å². The summed E-state index contributed by atoms with van der Waals surface area (Å²) in [4.78, 5) is 23.8. The molecule has 1 aromatic carbocycles. The van der Waals surface area contributed by atoms with Crippen LogP contribution in [0.3, 0.4) is 0 Å². The Bertz CT molecular complexity index is 784. The summed E-state index contributed by atoms with van der Waals surface area (Å²) in [6, 6.07) is 6.20. The topological polar surface area (TPSA) is 123 Å². The quantitative estimate of drug-likeness (QED) is 0.385. The Morgan fingerprint density at radius 3 is 2.43 bits per heavy atom. The van der Waals surface area contributed by atoms with Gasteiger partial charge in [-0.2, -0.15) is 4.31 Å². The molecule has 0 spiro atoms. The number of sulfonamides is 1. The van der Waals surface area contributed by atoms with E-state index in [0.29, 0.717) is 0 Å². The molecule has 1 aliphatic rings. The zero-order valence-electron chi connectivity index (χ0n) is 15.4. The number of carbonyl (C=O) groups excluding carboxylic acids is 2. The van der Waals surface area contributed by atoms with E-state index >= 15 is 0 Å². The maximum absolute atomic E-state index is 12.8. The van der Waals surface area contributed by atoms with E-state index < -0.39 is 34.4 Å². The van der Waals surface area contributed by atoms with Gasteiger partial charge in [0, 0.05) is 25.2 Å². The molecule has 1 aromatic rings. The van der Waals surface area contributed by atoms with Gasteiger partial charge in [0.2, 0.25) is 10.0 Å². The van der Waals surface area contributed by atoms with E-state index in [1.165, 1.54) is 26.4 Å². The molecule has 0 saturated carbocycles. The Balaban J connectivity index is 1.93. The van der Waals surface area contributed by atoms with Gasteiger partial charge in [-0.3, -0.25) is 9.59 Å². The smallest absolute Gasteiger partial charge is 0.309 e. The first-order valence-corrected chi connectivity index (χ1v) is 10.5. The Kier molecular flexibility index (Phi) is 8.34. The van der Waals surface area contributed by atoms with Crippen molar-refractivity contribution in [1.29, 1.82) is 0 Å². The van der Waals surface area contributed by atoms with Crippen LogP contribution in [-0.4, -0.2) is 77.5 Å². The molecule has 28 heavy (non-hydrogen) atoms. The highest BCUT2D eigenvalue weighted by Gasteiger charge is 2.36. The Morgan fingerprint density at radius 2 is 1.82 bits per heavy atom. The fourth-order valence-electron chi connectivity index (χ4n) is 2.46. The Hall–Kier alpha value is -1.57. The van der Waals surface area contributed by atoms with Crippen molar-refractivity contribution in [2.24, 2.45) is 0 Å². The molecular weight excluding hydrogens is 458 g/mol. The van der Waals surface area contributed by atoms with Crippen molar-refractivity contribution in [2.75, 3.05) is 40.5 Å². The number of benzene rings is 1. The predicted octanol–water partition coefficient (Wildman–Crippen LogP) is -0.353. The molecule has 2 amide bonds. The van der Waals surface area contributed by atoms with Crippen LogP contribution in [-0.2, 0) is 33.8 Å². The summed E-state index contributed by atoms with van der Waals surface area (Å²) in [5.74, 6) is -1.80. The number of amides is 2. The number of hydrogen-bond donors (Lipinski definition) is 2. The summed E-state index contributed by atoms with van der Waals surface area (Å²) in [6.45, 7) is 0.156. The van der Waals surface area contributed by atoms with Gasteiger partial charge >= 0.3 is 11.8 Å². The molecule has 2 N–H and O–H groups in total. The van der Waals surface area contributed by atoms with E-state index in [4.69, 9.17) is 14.2 Å². The molecular formula is C16H22BrN3O7S. The molecule has 1 aliphatic heterocycles. The molecule has 0 radical (unpaired) electrons. The van der Waals surface area contributed by atoms with Gasteiger partial charge in [0.15, 0.2) is 6.29 Å². The molecule has 10 nitrogen and oxygen atoms in total. The third kappa shape index (κ3) is 5.72. The Labute approximate surface area is 171 Å². The fourth-order valence-corrected chi connectivity index (χ4v) is 4.24. The molecule has 0 aromatic heterocycles. The third-order valence-electron chi connectivity index (χ3n) is 3.96. The van der Waals surface area contributed by atoms with Crippen LogP contribution in [0, 0.1) is 0 Å². The summed E-state index contributed by atoms with van der Waals surface area (Å²) in [5.41, 5.74) is 0. The molecule has 1 fully saturated rings. The van der Waals surface area contributed by atoms with E-state index in [-0.39, 0.29) is 31.1 Å². The number of rotatable bonds is 8. The highest BCUT2D eigenvalue weighted by Crippen LogP contribution is 2.23. The summed E-state index contributed by atoms with van der Waals surface area (Å²) in [5, 5.41) is 4.73. The lowest BCUT2D eigenvalue weighted by Crippen LogP contribution is -2.48. The number of hydrogen-bond acceptors (Lipinski definition) is 7. The molecule has 0 aliphatic carbocycles. The maximum Gasteiger partial charge on any atom is 0.309 e. The van der Waals surface area contributed by atoms with Gasteiger partial charge in [-0.1, -0.05) is 15.9 Å². The first-order chi connectivity index (χ1) is 13.3. The van der Waals surface area contributed by atoms with E-state index in [0.717, 1.165) is 8.78 Å². The van der Waals surface area contributed by atoms with Crippen molar-refractivity contribution >= 4 is 37.8 Å². The van der Waals surface area contributed by atoms with Crippen LogP contribution in [0.4, 0.5) is 0 Å². The monoisotopic (exact) mass is 479 g/mol. The lowest BCUT2D eigenvalue weighted by molar-refractivity contribution is -0.142. The Morgan fingerprint density at radius 1 is 1.21 bits per heavy atom. The van der Waals surface area contributed by atoms with Crippen LogP contribution in [0.15, 0.2) is 33.6 Å². The van der Waals surface area contributed by atoms with E-state index in [1.807, 2.05) is 0 Å². The van der Waals surface area contributed by atoms with Crippen molar-refractivity contribution in [3.63, 3.8) is 0 Å². The molecule has 1 atom stereocenters. The summed E-state index contributed by atoms with van der Waals surface area (Å²) < 4.78 is 42.7. The van der Waals surface area contributed by atoms with Crippen molar-refractivity contribution in [2.45, 2.75) is 17.4 Å².